The van der Waals surface area contributed by atoms with Gasteiger partial charge in [-0.05, 0) is 38.5 Å². The minimum absolute atomic E-state index is 0. The number of hydrogen-bond donors (Lipinski definition) is 0. The molecule has 0 spiro atoms. The molecule has 0 aromatic rings. The van der Waals surface area contributed by atoms with E-state index < -0.39 is 7.05 Å². The Labute approximate surface area is 134 Å². The van der Waals surface area contributed by atoms with Gasteiger partial charge in [0.25, 0.3) is 0 Å². The molecule has 0 aliphatic heterocycles. The van der Waals surface area contributed by atoms with Gasteiger partial charge in [0.1, 0.15) is 0 Å². The number of rotatable bonds is 5. The van der Waals surface area contributed by atoms with Gasteiger partial charge in [-0.15, -0.1) is 0 Å². The zero-order valence-corrected chi connectivity index (χ0v) is 15.4. The zero-order valence-electron chi connectivity index (χ0n) is 12.9. The van der Waals surface area contributed by atoms with Gasteiger partial charge in [0, 0.05) is 33.8 Å². The van der Waals surface area contributed by atoms with Gasteiger partial charge in [0.2, 0.25) is 0 Å². The minimum atomic E-state index is -0.971. The van der Waals surface area contributed by atoms with Crippen LogP contribution in [0.4, 0.5) is 0 Å². The van der Waals surface area contributed by atoms with Gasteiger partial charge in [-0.1, -0.05) is 57.7 Å². The molecule has 0 aromatic heterocycles. The van der Waals surface area contributed by atoms with Crippen molar-refractivity contribution in [2.24, 2.45) is 4.74 Å². The molecule has 0 amide bonds. The summed E-state index contributed by atoms with van der Waals surface area (Å²) in [6, 6.07) is 0. The summed E-state index contributed by atoms with van der Waals surface area (Å²) >= 11 is 0. The molecule has 0 unspecified atom stereocenters. The van der Waals surface area contributed by atoms with E-state index in [1.54, 1.807) is 6.08 Å². The van der Waals surface area contributed by atoms with Crippen molar-refractivity contribution in [3.8, 4) is 0 Å². The Kier molecular flexibility index (Phi) is 14.4. The molecule has 1 aliphatic carbocycles. The minimum Gasteiger partial charge on any atom is -0.272 e. The van der Waals surface area contributed by atoms with Crippen molar-refractivity contribution in [3.05, 3.63) is 48.7 Å². The Morgan fingerprint density at radius 2 is 1.84 bits per heavy atom. The van der Waals surface area contributed by atoms with Gasteiger partial charge in [0.05, 0.1) is 0 Å². The van der Waals surface area contributed by atoms with Gasteiger partial charge in [-0.2, -0.15) is 0 Å². The SMILES string of the molecule is C=CC=CC.CCP(CC)(CC)=NC1=CC=CC1.[Ti]. The second kappa shape index (κ2) is 12.9. The van der Waals surface area contributed by atoms with Gasteiger partial charge >= 0.3 is 0 Å². The summed E-state index contributed by atoms with van der Waals surface area (Å²) in [5, 5.41) is 0. The van der Waals surface area contributed by atoms with E-state index in [1.165, 1.54) is 24.2 Å². The molecule has 19 heavy (non-hydrogen) atoms. The number of nitrogens with zero attached hydrogens (tertiary/aromatic N) is 1. The van der Waals surface area contributed by atoms with E-state index in [1.807, 2.05) is 19.1 Å². The Morgan fingerprint density at radius 1 is 1.26 bits per heavy atom. The van der Waals surface area contributed by atoms with Crippen molar-refractivity contribution in [1.82, 2.24) is 0 Å². The predicted octanol–water partition coefficient (Wildman–Crippen LogP) is 5.84. The van der Waals surface area contributed by atoms with E-state index in [9.17, 15) is 0 Å². The van der Waals surface area contributed by atoms with E-state index in [-0.39, 0.29) is 21.7 Å². The van der Waals surface area contributed by atoms with Gasteiger partial charge in [0.15, 0.2) is 0 Å². The van der Waals surface area contributed by atoms with Crippen LogP contribution in [0.3, 0.4) is 0 Å². The van der Waals surface area contributed by atoms with Gasteiger partial charge in [-0.25, -0.2) is 0 Å². The van der Waals surface area contributed by atoms with E-state index >= 15 is 0 Å². The van der Waals surface area contributed by atoms with Gasteiger partial charge in [-0.3, -0.25) is 4.74 Å². The maximum absolute atomic E-state index is 4.97. The van der Waals surface area contributed by atoms with E-state index in [2.05, 4.69) is 45.6 Å². The molecule has 3 heteroatoms. The van der Waals surface area contributed by atoms with Crippen molar-refractivity contribution in [2.75, 3.05) is 18.5 Å². The molecule has 0 saturated heterocycles. The molecule has 0 saturated carbocycles. The quantitative estimate of drug-likeness (QED) is 0.343. The van der Waals surface area contributed by atoms with Crippen LogP contribution in [0, 0.1) is 0 Å². The summed E-state index contributed by atoms with van der Waals surface area (Å²) in [4.78, 5) is 0. The first-order chi connectivity index (χ1) is 8.67. The normalized spacial score (nSPS) is 13.4. The Morgan fingerprint density at radius 3 is 2.11 bits per heavy atom. The average molecular weight is 313 g/mol. The van der Waals surface area contributed by atoms with Crippen LogP contribution in [0.1, 0.15) is 34.1 Å². The summed E-state index contributed by atoms with van der Waals surface area (Å²) in [7, 11) is -0.971. The van der Waals surface area contributed by atoms with Gasteiger partial charge < -0.3 is 0 Å². The van der Waals surface area contributed by atoms with Crippen LogP contribution in [0.2, 0.25) is 0 Å². The maximum atomic E-state index is 4.97. The Bertz CT molecular complexity index is 359. The smallest absolute Gasteiger partial charge is 0.0425 e. The predicted molar refractivity (Wildman–Crippen MR) is 87.8 cm³/mol. The molecule has 1 aliphatic rings. The van der Waals surface area contributed by atoms with E-state index in [0.717, 1.165) is 6.42 Å². The van der Waals surface area contributed by atoms with Crippen LogP contribution in [-0.4, -0.2) is 18.5 Å². The molecule has 0 N–H and O–H groups in total. The molecule has 106 valence electrons. The second-order valence-corrected chi connectivity index (χ2v) is 8.48. The van der Waals surface area contributed by atoms with E-state index in [0.29, 0.717) is 0 Å². The van der Waals surface area contributed by atoms with Crippen LogP contribution in [0.5, 0.6) is 0 Å². The summed E-state index contributed by atoms with van der Waals surface area (Å²) in [5.74, 6) is 0. The van der Waals surface area contributed by atoms with Crippen LogP contribution in [0.25, 0.3) is 0 Å². The second-order valence-electron chi connectivity index (χ2n) is 4.20. The third kappa shape index (κ3) is 8.63. The average Bonchev–Trinajstić information content (AvgIpc) is 2.91. The molecule has 0 radical (unpaired) electrons. The molecule has 0 fully saturated rings. The monoisotopic (exact) mass is 313 g/mol. The molecule has 0 atom stereocenters. The van der Waals surface area contributed by atoms with Crippen molar-refractivity contribution in [2.45, 2.75) is 34.1 Å². The van der Waals surface area contributed by atoms with E-state index in [4.69, 9.17) is 4.74 Å². The third-order valence-corrected chi connectivity index (χ3v) is 7.40. The topological polar surface area (TPSA) is 12.4 Å². The van der Waals surface area contributed by atoms with Crippen LogP contribution < -0.4 is 0 Å². The fourth-order valence-electron chi connectivity index (χ4n) is 1.80. The summed E-state index contributed by atoms with van der Waals surface area (Å²) in [6.45, 7) is 12.3. The molecule has 0 aromatic carbocycles. The molecular weight excluding hydrogens is 285 g/mol. The first kappa shape index (κ1) is 21.2. The summed E-state index contributed by atoms with van der Waals surface area (Å²) in [5.41, 5.74) is 1.30. The fourth-order valence-corrected chi connectivity index (χ4v) is 4.26. The standard InChI is InChI=1S/C11H20NP.C5H8.Ti/c1-4-13(5-2,6-3)12-11-9-7-8-10-11;1-3-5-4-2;/h7-9H,4-6,10H2,1-3H3;3-5H,1H2,2H3;. The van der Waals surface area contributed by atoms with Crippen LogP contribution >= 0.6 is 7.05 Å². The number of hydrogen-bond acceptors (Lipinski definition) is 1. The van der Waals surface area contributed by atoms with Crippen molar-refractivity contribution < 1.29 is 21.7 Å². The molecule has 0 bridgehead atoms. The first-order valence-electron chi connectivity index (χ1n) is 6.86. The largest absolute Gasteiger partial charge is 0.272 e. The maximum Gasteiger partial charge on any atom is 0.0425 e. The van der Waals surface area contributed by atoms with Crippen LogP contribution in [-0.2, 0) is 21.7 Å². The molecule has 1 nitrogen and oxygen atoms in total. The summed E-state index contributed by atoms with van der Waals surface area (Å²) in [6.07, 6.45) is 16.9. The summed E-state index contributed by atoms with van der Waals surface area (Å²) < 4.78 is 4.97. The first-order valence-corrected chi connectivity index (χ1v) is 9.16. The van der Waals surface area contributed by atoms with Crippen molar-refractivity contribution in [3.63, 3.8) is 0 Å². The Balaban J connectivity index is 0. The molecule has 0 heterocycles. The fraction of sp³-hybridized carbons (Fsp3) is 0.500. The third-order valence-electron chi connectivity index (χ3n) is 3.19. The number of allylic oxidation sites excluding steroid dienone is 6. The van der Waals surface area contributed by atoms with Crippen molar-refractivity contribution in [1.29, 1.82) is 0 Å². The van der Waals surface area contributed by atoms with Crippen molar-refractivity contribution >= 4 is 7.05 Å². The molecule has 1 rings (SSSR count). The Hall–Kier alpha value is -0.0957. The zero-order chi connectivity index (χ0) is 13.9. The van der Waals surface area contributed by atoms with Crippen LogP contribution in [0.15, 0.2) is 53.5 Å². The molecular formula is C16H28NPTi.